The van der Waals surface area contributed by atoms with Gasteiger partial charge >= 0.3 is 18.2 Å². The zero-order valence-electron chi connectivity index (χ0n) is 31.0. The zero-order chi connectivity index (χ0) is 39.5. The molecule has 8 heterocycles. The molecule has 17 heteroatoms. The Morgan fingerprint density at radius 1 is 1.02 bits per heavy atom. The van der Waals surface area contributed by atoms with Gasteiger partial charge in [-0.3, -0.25) is 4.90 Å². The molecule has 1 N–H and O–H groups in total. The van der Waals surface area contributed by atoms with Crippen LogP contribution in [-0.4, -0.2) is 110 Å². The SMILES string of the molecule is COc1ccc(CN2C3CC2CN(c2ccc(-c4cc(OCC5CCN(C(=O)OC(C)(C)C)CC5)cn5ncc(C#N)c45)cn2)C3)cn1.O=C(O)C(F)(F)F. The average molecular weight is 765 g/mol. The summed E-state index contributed by atoms with van der Waals surface area (Å²) in [7, 11) is 1.63. The second-order valence-electron chi connectivity index (χ2n) is 14.8. The summed E-state index contributed by atoms with van der Waals surface area (Å²) in [5.41, 5.74) is 3.66. The van der Waals surface area contributed by atoms with E-state index in [2.05, 4.69) is 44.2 Å². The number of nitriles is 1. The highest BCUT2D eigenvalue weighted by atomic mass is 19.4. The van der Waals surface area contributed by atoms with Gasteiger partial charge in [-0.05, 0) is 69.7 Å². The summed E-state index contributed by atoms with van der Waals surface area (Å²) in [5, 5.41) is 21.4. The third-order valence-electron chi connectivity index (χ3n) is 9.80. The van der Waals surface area contributed by atoms with Crippen molar-refractivity contribution in [3.8, 4) is 28.8 Å². The van der Waals surface area contributed by atoms with E-state index in [4.69, 9.17) is 29.1 Å². The van der Waals surface area contributed by atoms with E-state index < -0.39 is 17.7 Å². The van der Waals surface area contributed by atoms with Gasteiger partial charge in [-0.25, -0.2) is 24.1 Å². The van der Waals surface area contributed by atoms with E-state index in [9.17, 15) is 23.2 Å². The average Bonchev–Trinajstić information content (AvgIpc) is 3.59. The van der Waals surface area contributed by atoms with Crippen LogP contribution < -0.4 is 14.4 Å². The van der Waals surface area contributed by atoms with Crippen LogP contribution in [0.25, 0.3) is 16.6 Å². The number of hydrogen-bond acceptors (Lipinski definition) is 11. The van der Waals surface area contributed by atoms with Crippen LogP contribution in [-0.2, 0) is 16.1 Å². The summed E-state index contributed by atoms with van der Waals surface area (Å²) < 4.78 is 50.5. The molecule has 4 aromatic rings. The topological polar surface area (TPSA) is 159 Å². The van der Waals surface area contributed by atoms with E-state index >= 15 is 0 Å². The molecule has 0 aromatic carbocycles. The minimum Gasteiger partial charge on any atom is -0.492 e. The lowest BCUT2D eigenvalue weighted by Gasteiger charge is -2.56. The number of halogens is 3. The van der Waals surface area contributed by atoms with E-state index in [-0.39, 0.29) is 6.09 Å². The van der Waals surface area contributed by atoms with Crippen molar-refractivity contribution in [2.75, 3.05) is 44.8 Å². The molecule has 1 amide bonds. The molecule has 14 nitrogen and oxygen atoms in total. The van der Waals surface area contributed by atoms with Gasteiger partial charge in [0.25, 0.3) is 0 Å². The molecule has 4 aromatic heterocycles. The van der Waals surface area contributed by atoms with Crippen molar-refractivity contribution < 1.29 is 42.1 Å². The van der Waals surface area contributed by atoms with Crippen molar-refractivity contribution >= 4 is 23.4 Å². The summed E-state index contributed by atoms with van der Waals surface area (Å²) >= 11 is 0. The molecule has 4 fully saturated rings. The molecular formula is C38H43F3N8O6. The fraction of sp³-hybridized carbons (Fsp3) is 0.474. The van der Waals surface area contributed by atoms with E-state index in [1.54, 1.807) is 22.7 Å². The van der Waals surface area contributed by atoms with Gasteiger partial charge in [0.1, 0.15) is 23.2 Å². The van der Waals surface area contributed by atoms with Crippen LogP contribution in [0.3, 0.4) is 0 Å². The van der Waals surface area contributed by atoms with Crippen LogP contribution in [0.2, 0.25) is 0 Å². The molecule has 0 saturated carbocycles. The standard InChI is InChI=1S/C36H42N8O4.C2HF3O2/c1-36(2,3)48-35(45)41-11-9-24(10-12-41)23-47-30-14-31(34-27(15-37)18-40-44(34)22-30)26-6-7-32(38-17-26)42-20-28-13-29(21-42)43(28)19-25-5-8-33(46-4)39-16-25;3-2(4,5)1(6)7/h5-8,14,16-18,22,24,28-29H,9-13,19-21,23H2,1-4H3;(H,6,7). The van der Waals surface area contributed by atoms with Crippen LogP contribution in [0, 0.1) is 17.2 Å². The molecule has 0 spiro atoms. The minimum atomic E-state index is -5.08. The number of pyridine rings is 3. The molecule has 0 radical (unpaired) electrons. The molecule has 2 unspecified atom stereocenters. The first-order valence-electron chi connectivity index (χ1n) is 17.9. The number of carbonyl (C=O) groups is 2. The van der Waals surface area contributed by atoms with Gasteiger partial charge in [0.05, 0.1) is 37.2 Å². The Kier molecular flexibility index (Phi) is 11.4. The Bertz CT molecular complexity index is 2010. The number of rotatable bonds is 8. The Morgan fingerprint density at radius 3 is 2.29 bits per heavy atom. The molecule has 2 bridgehead atoms. The molecular weight excluding hydrogens is 721 g/mol. The number of fused-ring (bicyclic) bond motifs is 3. The van der Waals surface area contributed by atoms with Crippen molar-refractivity contribution in [1.29, 1.82) is 5.26 Å². The summed E-state index contributed by atoms with van der Waals surface area (Å²) in [5.74, 6) is -0.182. The number of piperidine rings is 2. The number of alkyl halides is 3. The lowest BCUT2D eigenvalue weighted by molar-refractivity contribution is -0.192. The molecule has 4 aliphatic rings. The van der Waals surface area contributed by atoms with E-state index in [1.807, 2.05) is 51.5 Å². The number of likely N-dealkylation sites (tertiary alicyclic amines) is 1. The van der Waals surface area contributed by atoms with Crippen LogP contribution in [0.1, 0.15) is 51.2 Å². The Morgan fingerprint density at radius 2 is 1.73 bits per heavy atom. The molecule has 4 aliphatic heterocycles. The number of ether oxygens (including phenoxy) is 3. The maximum Gasteiger partial charge on any atom is 0.490 e. The normalized spacial score (nSPS) is 18.8. The van der Waals surface area contributed by atoms with Gasteiger partial charge in [0.2, 0.25) is 5.88 Å². The van der Waals surface area contributed by atoms with Crippen LogP contribution in [0.5, 0.6) is 11.6 Å². The minimum absolute atomic E-state index is 0.259. The number of methoxy groups -OCH3 is 1. The second-order valence-corrected chi connectivity index (χ2v) is 14.8. The highest BCUT2D eigenvalue weighted by Gasteiger charge is 2.44. The fourth-order valence-electron chi connectivity index (χ4n) is 7.00. The highest BCUT2D eigenvalue weighted by molar-refractivity contribution is 5.85. The second kappa shape index (κ2) is 16.0. The largest absolute Gasteiger partial charge is 0.492 e. The number of hydrogen-bond donors (Lipinski definition) is 1. The van der Waals surface area contributed by atoms with Gasteiger partial charge < -0.3 is 29.1 Å². The van der Waals surface area contributed by atoms with E-state index in [0.29, 0.717) is 54.9 Å². The third kappa shape index (κ3) is 9.37. The smallest absolute Gasteiger partial charge is 0.490 e. The first kappa shape index (κ1) is 39.1. The highest BCUT2D eigenvalue weighted by Crippen LogP contribution is 2.37. The monoisotopic (exact) mass is 764 g/mol. The zero-order valence-corrected chi connectivity index (χ0v) is 31.0. The van der Waals surface area contributed by atoms with Crippen molar-refractivity contribution in [1.82, 2.24) is 29.4 Å². The molecule has 4 saturated heterocycles. The first-order chi connectivity index (χ1) is 26.1. The Balaban J connectivity index is 0.000000672. The number of carboxylic acids is 1. The predicted octanol–water partition coefficient (Wildman–Crippen LogP) is 5.79. The fourth-order valence-corrected chi connectivity index (χ4v) is 7.00. The Labute approximate surface area is 316 Å². The number of carboxylic acid groups (broad SMARTS) is 1. The molecule has 8 rings (SSSR count). The van der Waals surface area contributed by atoms with Crippen LogP contribution >= 0.6 is 0 Å². The maximum atomic E-state index is 12.5. The molecule has 292 valence electrons. The quantitative estimate of drug-likeness (QED) is 0.231. The van der Waals surface area contributed by atoms with Crippen LogP contribution in [0.15, 0.2) is 55.1 Å². The van der Waals surface area contributed by atoms with Crippen molar-refractivity contribution in [2.45, 2.75) is 70.4 Å². The Hall–Kier alpha value is -5.63. The number of anilines is 1. The number of amides is 1. The molecule has 2 atom stereocenters. The number of carbonyl (C=O) groups excluding carboxylic acids is 1. The summed E-state index contributed by atoms with van der Waals surface area (Å²) in [6.45, 7) is 10.2. The van der Waals surface area contributed by atoms with E-state index in [0.717, 1.165) is 54.9 Å². The van der Waals surface area contributed by atoms with Gasteiger partial charge in [0.15, 0.2) is 0 Å². The maximum absolute atomic E-state index is 12.5. The first-order valence-corrected chi connectivity index (χ1v) is 17.9. The van der Waals surface area contributed by atoms with Gasteiger partial charge in [-0.2, -0.15) is 23.5 Å². The number of nitrogens with zero attached hydrogens (tertiary/aromatic N) is 8. The van der Waals surface area contributed by atoms with Crippen molar-refractivity contribution in [3.05, 3.63) is 66.2 Å². The number of aromatic nitrogens is 4. The molecule has 0 aliphatic carbocycles. The van der Waals surface area contributed by atoms with Gasteiger partial charge in [0, 0.05) is 74.4 Å². The molecule has 55 heavy (non-hydrogen) atoms. The van der Waals surface area contributed by atoms with Crippen molar-refractivity contribution in [2.24, 2.45) is 5.92 Å². The lowest BCUT2D eigenvalue weighted by atomic mass is 9.87. The third-order valence-corrected chi connectivity index (χ3v) is 9.80. The number of aliphatic carboxylic acids is 1. The number of piperazine rings is 1. The van der Waals surface area contributed by atoms with Crippen LogP contribution in [0.4, 0.5) is 23.8 Å². The summed E-state index contributed by atoms with van der Waals surface area (Å²) in [6, 6.07) is 13.4. The summed E-state index contributed by atoms with van der Waals surface area (Å²) in [6.07, 6.45) is 4.74. The van der Waals surface area contributed by atoms with E-state index in [1.165, 1.54) is 12.0 Å². The van der Waals surface area contributed by atoms with Gasteiger partial charge in [-0.15, -0.1) is 0 Å². The van der Waals surface area contributed by atoms with Gasteiger partial charge in [-0.1, -0.05) is 6.07 Å². The predicted molar refractivity (Wildman–Crippen MR) is 194 cm³/mol. The van der Waals surface area contributed by atoms with Crippen molar-refractivity contribution in [3.63, 3.8) is 0 Å². The lowest BCUT2D eigenvalue weighted by Crippen LogP contribution is -2.68. The summed E-state index contributed by atoms with van der Waals surface area (Å²) in [4.78, 5) is 37.3.